The second kappa shape index (κ2) is 12.4. The number of hydrogen-bond donors (Lipinski definition) is 1. The predicted molar refractivity (Wildman–Crippen MR) is 167 cm³/mol. The molecule has 4 aromatic heterocycles. The van der Waals surface area contributed by atoms with Crippen LogP contribution in [0.3, 0.4) is 0 Å². The summed E-state index contributed by atoms with van der Waals surface area (Å²) >= 11 is 12.2. The first-order valence-corrected chi connectivity index (χ1v) is 15.2. The van der Waals surface area contributed by atoms with Crippen LogP contribution in [-0.2, 0) is 17.5 Å². The van der Waals surface area contributed by atoms with Crippen LogP contribution in [0.15, 0.2) is 66.0 Å². The maximum Gasteiger partial charge on any atom is 0.418 e. The molecule has 0 unspecified atom stereocenters. The molecule has 5 heterocycles. The molecular weight excluding hydrogens is 644 g/mol. The lowest BCUT2D eigenvalue weighted by molar-refractivity contribution is -0.137. The van der Waals surface area contributed by atoms with Crippen molar-refractivity contribution in [1.82, 2.24) is 34.3 Å². The average molecular weight is 672 g/mol. The molecule has 0 aliphatic carbocycles. The fraction of sp³-hybridized carbons (Fsp3) is 0.290. The van der Waals surface area contributed by atoms with Crippen LogP contribution in [0.5, 0.6) is 0 Å². The molecule has 5 aromatic rings. The van der Waals surface area contributed by atoms with Crippen LogP contribution in [-0.4, -0.2) is 40.2 Å². The van der Waals surface area contributed by atoms with Gasteiger partial charge >= 0.3 is 6.18 Å². The molecule has 1 amide bonds. The minimum atomic E-state index is -4.86. The van der Waals surface area contributed by atoms with Crippen molar-refractivity contribution in [2.75, 3.05) is 5.32 Å². The number of fused-ring (bicyclic) bond motifs is 4. The highest BCUT2D eigenvalue weighted by Crippen LogP contribution is 2.40. The van der Waals surface area contributed by atoms with E-state index >= 15 is 0 Å². The molecule has 10 nitrogen and oxygen atoms in total. The van der Waals surface area contributed by atoms with E-state index in [0.717, 1.165) is 16.8 Å². The van der Waals surface area contributed by atoms with E-state index in [9.17, 15) is 22.8 Å². The predicted octanol–water partition coefficient (Wildman–Crippen LogP) is 7.05. The Kier molecular flexibility index (Phi) is 8.47. The van der Waals surface area contributed by atoms with Gasteiger partial charge in [-0.05, 0) is 50.1 Å². The third kappa shape index (κ3) is 6.04. The second-order valence-electron chi connectivity index (χ2n) is 11.0. The maximum absolute atomic E-state index is 14.9. The number of carbonyl (C=O) groups is 1. The van der Waals surface area contributed by atoms with Crippen LogP contribution in [0.2, 0.25) is 10.2 Å². The lowest BCUT2D eigenvalue weighted by atomic mass is 9.95. The van der Waals surface area contributed by atoms with Gasteiger partial charge in [0.2, 0.25) is 5.91 Å². The summed E-state index contributed by atoms with van der Waals surface area (Å²) in [5.41, 5.74) is 0.292. The molecule has 0 spiro atoms. The molecule has 0 fully saturated rings. The Morgan fingerprint density at radius 2 is 1.85 bits per heavy atom. The Balaban J connectivity index is 1.54. The van der Waals surface area contributed by atoms with Crippen LogP contribution in [0, 0.1) is 5.92 Å². The van der Waals surface area contributed by atoms with Crippen molar-refractivity contribution in [3.05, 3.63) is 93.0 Å². The zero-order chi connectivity index (χ0) is 32.7. The zero-order valence-corrected chi connectivity index (χ0v) is 26.1. The number of halogens is 5. The normalized spacial score (nSPS) is 17.2. The van der Waals surface area contributed by atoms with Crippen molar-refractivity contribution >= 4 is 34.8 Å². The Morgan fingerprint density at radius 3 is 2.57 bits per heavy atom. The molecule has 0 saturated carbocycles. The number of aromatic nitrogens is 7. The van der Waals surface area contributed by atoms with Gasteiger partial charge in [0, 0.05) is 52.6 Å². The summed E-state index contributed by atoms with van der Waals surface area (Å²) in [6, 6.07) is 7.85. The first-order chi connectivity index (χ1) is 21.9. The number of hydrogen-bond acceptors (Lipinski definition) is 6. The molecular formula is C31H27Cl2F3N8O2. The van der Waals surface area contributed by atoms with Gasteiger partial charge in [0.15, 0.2) is 5.15 Å². The molecule has 1 aliphatic heterocycles. The Labute approximate surface area is 270 Å². The average Bonchev–Trinajstić information content (AvgIpc) is 3.64. The molecule has 2 atom stereocenters. The number of pyridine rings is 2. The van der Waals surface area contributed by atoms with Crippen molar-refractivity contribution in [2.24, 2.45) is 5.92 Å². The minimum absolute atomic E-state index is 0.0182. The van der Waals surface area contributed by atoms with E-state index in [1.807, 2.05) is 6.92 Å². The van der Waals surface area contributed by atoms with Gasteiger partial charge in [-0.2, -0.15) is 18.3 Å². The molecule has 238 valence electrons. The third-order valence-corrected chi connectivity index (χ3v) is 8.45. The summed E-state index contributed by atoms with van der Waals surface area (Å²) in [4.78, 5) is 31.4. The lowest BCUT2D eigenvalue weighted by Gasteiger charge is -2.24. The van der Waals surface area contributed by atoms with Crippen LogP contribution in [0.4, 0.5) is 18.9 Å². The first kappa shape index (κ1) is 31.5. The summed E-state index contributed by atoms with van der Waals surface area (Å²) in [6.45, 7) is 4.19. The number of rotatable bonds is 4. The van der Waals surface area contributed by atoms with Crippen molar-refractivity contribution in [3.8, 4) is 28.1 Å². The van der Waals surface area contributed by atoms with Gasteiger partial charge in [-0.15, -0.1) is 5.10 Å². The van der Waals surface area contributed by atoms with E-state index in [2.05, 4.69) is 25.7 Å². The van der Waals surface area contributed by atoms with Gasteiger partial charge < -0.3 is 9.88 Å². The van der Waals surface area contributed by atoms with Gasteiger partial charge in [-0.1, -0.05) is 41.8 Å². The topological polar surface area (TPSA) is 113 Å². The van der Waals surface area contributed by atoms with E-state index < -0.39 is 29.3 Å². The Bertz CT molecular complexity index is 2000. The summed E-state index contributed by atoms with van der Waals surface area (Å²) in [5, 5.41) is 15.2. The number of amides is 1. The van der Waals surface area contributed by atoms with E-state index in [4.69, 9.17) is 23.2 Å². The molecule has 6 rings (SSSR count). The number of anilines is 1. The van der Waals surface area contributed by atoms with Crippen LogP contribution in [0.25, 0.3) is 28.1 Å². The van der Waals surface area contributed by atoms with Gasteiger partial charge in [0.05, 0.1) is 46.8 Å². The van der Waals surface area contributed by atoms with Crippen molar-refractivity contribution in [3.63, 3.8) is 0 Å². The van der Waals surface area contributed by atoms with E-state index in [1.54, 1.807) is 29.9 Å². The number of nitrogens with one attached hydrogen (secondary N) is 1. The molecule has 0 radical (unpaired) electrons. The second-order valence-corrected chi connectivity index (χ2v) is 11.8. The molecule has 15 heteroatoms. The third-order valence-electron chi connectivity index (χ3n) is 8.04. The number of carbonyl (C=O) groups excluding carboxylic acids is 1. The summed E-state index contributed by atoms with van der Waals surface area (Å²) in [7, 11) is 0. The van der Waals surface area contributed by atoms with Gasteiger partial charge in [0.25, 0.3) is 5.56 Å². The number of nitrogens with zero attached hydrogens (tertiary/aromatic N) is 7. The number of aryl methyl sites for hydroxylation is 1. The molecule has 1 N–H and O–H groups in total. The van der Waals surface area contributed by atoms with Gasteiger partial charge in [0.1, 0.15) is 0 Å². The molecule has 1 aromatic carbocycles. The zero-order valence-electron chi connectivity index (χ0n) is 24.6. The monoisotopic (exact) mass is 670 g/mol. The Morgan fingerprint density at radius 1 is 1.04 bits per heavy atom. The first-order valence-electron chi connectivity index (χ1n) is 14.5. The van der Waals surface area contributed by atoms with Gasteiger partial charge in [-0.25, -0.2) is 4.68 Å². The van der Waals surface area contributed by atoms with Crippen LogP contribution in [0.1, 0.15) is 50.4 Å². The standard InChI is InChI=1S/C31H27Cl2F3N8O2/c1-3-43-29-18-9-10-37-23(11-18)26(6-4-5-17(2)30(46)39-24(29)14-38-43)42-15-22(31(34,35)36)20(13-28(42)45)21-12-19(32)7-8-25(21)44-16-27(33)40-41-44/h7-17,26H,3-6H2,1-2H3,(H,39,46)/t17-,26+/m1/s1. The number of benzene rings is 1. The fourth-order valence-electron chi connectivity index (χ4n) is 5.76. The lowest BCUT2D eigenvalue weighted by Crippen LogP contribution is -2.28. The van der Waals surface area contributed by atoms with E-state index in [1.165, 1.54) is 35.3 Å². The molecule has 1 aliphatic rings. The summed E-state index contributed by atoms with van der Waals surface area (Å²) in [5.74, 6) is -0.601. The van der Waals surface area contributed by atoms with Crippen LogP contribution < -0.4 is 10.9 Å². The van der Waals surface area contributed by atoms with Crippen molar-refractivity contribution < 1.29 is 18.0 Å². The Hall–Kier alpha value is -4.49. The van der Waals surface area contributed by atoms with Crippen molar-refractivity contribution in [1.29, 1.82) is 0 Å². The summed E-state index contributed by atoms with van der Waals surface area (Å²) < 4.78 is 48.6. The van der Waals surface area contributed by atoms with E-state index in [0.29, 0.717) is 42.0 Å². The highest BCUT2D eigenvalue weighted by molar-refractivity contribution is 6.31. The highest BCUT2D eigenvalue weighted by atomic mass is 35.5. The van der Waals surface area contributed by atoms with Crippen molar-refractivity contribution in [2.45, 2.75) is 51.9 Å². The van der Waals surface area contributed by atoms with Crippen LogP contribution >= 0.6 is 23.2 Å². The quantitative estimate of drug-likeness (QED) is 0.219. The highest BCUT2D eigenvalue weighted by Gasteiger charge is 2.37. The smallest absolute Gasteiger partial charge is 0.323 e. The van der Waals surface area contributed by atoms with Gasteiger partial charge in [-0.3, -0.25) is 19.3 Å². The largest absolute Gasteiger partial charge is 0.418 e. The summed E-state index contributed by atoms with van der Waals surface area (Å²) in [6.07, 6.45) is 1.55. The fourth-order valence-corrected chi connectivity index (χ4v) is 6.06. The maximum atomic E-state index is 14.9. The molecule has 0 saturated heterocycles. The molecule has 2 bridgehead atoms. The number of alkyl halides is 3. The molecule has 46 heavy (non-hydrogen) atoms. The van der Waals surface area contributed by atoms with E-state index in [-0.39, 0.29) is 39.3 Å². The minimum Gasteiger partial charge on any atom is -0.323 e. The SMILES string of the molecule is CCn1ncc2c1-c1ccnc(c1)[C@@H](n1cc(C(F)(F)F)c(-c3cc(Cl)ccc3-n3cc(Cl)nn3)cc1=O)CCC[C@@H](C)C(=O)N2.